The molecule has 2 aromatic carbocycles. The molecule has 0 aromatic heterocycles. The Kier molecular flexibility index (Phi) is 5.48. The lowest BCUT2D eigenvalue weighted by Crippen LogP contribution is -2.34. The summed E-state index contributed by atoms with van der Waals surface area (Å²) < 4.78 is 0.268. The van der Waals surface area contributed by atoms with Crippen LogP contribution >= 0.6 is 24.0 Å². The van der Waals surface area contributed by atoms with Crippen LogP contribution in [-0.2, 0) is 9.59 Å². The predicted molar refractivity (Wildman–Crippen MR) is 106 cm³/mol. The van der Waals surface area contributed by atoms with Crippen LogP contribution in [0.5, 0.6) is 11.5 Å². The van der Waals surface area contributed by atoms with Gasteiger partial charge in [-0.15, -0.1) is 0 Å². The molecule has 1 heterocycles. The number of hydrogen-bond donors (Lipinski definition) is 3. The highest BCUT2D eigenvalue weighted by Gasteiger charge is 2.38. The van der Waals surface area contributed by atoms with Crippen LogP contribution in [0.3, 0.4) is 0 Å². The third kappa shape index (κ3) is 4.12. The van der Waals surface area contributed by atoms with Crippen molar-refractivity contribution in [2.24, 2.45) is 0 Å². The summed E-state index contributed by atoms with van der Waals surface area (Å²) >= 11 is 6.40. The van der Waals surface area contributed by atoms with E-state index in [1.165, 1.54) is 17.0 Å². The van der Waals surface area contributed by atoms with Crippen LogP contribution < -0.4 is 0 Å². The Bertz CT molecular complexity index is 942. The van der Waals surface area contributed by atoms with Crippen LogP contribution in [0.25, 0.3) is 6.08 Å². The average molecular weight is 401 g/mol. The Morgan fingerprint density at radius 2 is 1.85 bits per heavy atom. The monoisotopic (exact) mass is 401 g/mol. The van der Waals surface area contributed by atoms with E-state index in [1.807, 2.05) is 6.07 Å². The molecule has 1 amide bonds. The molecular formula is C19H15NO5S2. The number of carbonyl (C=O) groups excluding carboxylic acids is 1. The Labute approximate surface area is 164 Å². The lowest BCUT2D eigenvalue weighted by atomic mass is 10.0. The molecular weight excluding hydrogens is 386 g/mol. The van der Waals surface area contributed by atoms with E-state index in [0.29, 0.717) is 16.0 Å². The first kappa shape index (κ1) is 18.9. The predicted octanol–water partition coefficient (Wildman–Crippen LogP) is 3.52. The minimum atomic E-state index is -1.04. The molecule has 1 saturated heterocycles. The van der Waals surface area contributed by atoms with E-state index in [-0.39, 0.29) is 22.2 Å². The number of hydrogen-bond acceptors (Lipinski definition) is 6. The molecule has 27 heavy (non-hydrogen) atoms. The number of carbonyl (C=O) groups is 2. The summed E-state index contributed by atoms with van der Waals surface area (Å²) in [6.45, 7) is 0. The summed E-state index contributed by atoms with van der Waals surface area (Å²) in [6.07, 6.45) is 1.27. The Hall–Kier alpha value is -2.84. The van der Waals surface area contributed by atoms with Crippen LogP contribution in [0.2, 0.25) is 0 Å². The Morgan fingerprint density at radius 1 is 1.15 bits per heavy atom. The minimum absolute atomic E-state index is 0.259. The fourth-order valence-electron chi connectivity index (χ4n) is 2.73. The van der Waals surface area contributed by atoms with Crippen molar-refractivity contribution in [1.29, 1.82) is 0 Å². The third-order valence-corrected chi connectivity index (χ3v) is 5.32. The number of thiocarbonyl (C=S) groups is 1. The molecule has 1 fully saturated rings. The van der Waals surface area contributed by atoms with Crippen molar-refractivity contribution in [3.05, 3.63) is 64.6 Å². The van der Waals surface area contributed by atoms with Crippen LogP contribution in [0.1, 0.15) is 23.6 Å². The number of phenols is 2. The SMILES string of the molecule is O=C(O)C[C@H](c1ccccc1)N1C(=O)/C(=C/c2ccc(O)c(O)c2)SC1=S. The maximum atomic E-state index is 12.9. The molecule has 2 aromatic rings. The zero-order chi connectivity index (χ0) is 19.6. The van der Waals surface area contributed by atoms with E-state index in [9.17, 15) is 24.9 Å². The van der Waals surface area contributed by atoms with E-state index < -0.39 is 17.9 Å². The standard InChI is InChI=1S/C19H15NO5S2/c21-14-7-6-11(8-15(14)22)9-16-18(25)20(19(26)27-16)13(10-17(23)24)12-4-2-1-3-5-12/h1-9,13,21-22H,10H2,(H,23,24)/b16-9-/t13-/m1/s1. The number of thioether (sulfide) groups is 1. The van der Waals surface area contributed by atoms with Crippen LogP contribution in [0.15, 0.2) is 53.4 Å². The van der Waals surface area contributed by atoms with E-state index in [1.54, 1.807) is 36.4 Å². The molecule has 1 aliphatic heterocycles. The summed E-state index contributed by atoms with van der Waals surface area (Å²) in [5.41, 5.74) is 1.19. The molecule has 6 nitrogen and oxygen atoms in total. The highest BCUT2D eigenvalue weighted by Crippen LogP contribution is 2.40. The molecule has 138 valence electrons. The van der Waals surface area contributed by atoms with Gasteiger partial charge >= 0.3 is 5.97 Å². The fourth-order valence-corrected chi connectivity index (χ4v) is 4.09. The number of nitrogens with zero attached hydrogens (tertiary/aromatic N) is 1. The second-order valence-corrected chi connectivity index (χ2v) is 7.50. The van der Waals surface area contributed by atoms with Crippen molar-refractivity contribution in [1.82, 2.24) is 4.90 Å². The lowest BCUT2D eigenvalue weighted by molar-refractivity contribution is -0.138. The summed E-state index contributed by atoms with van der Waals surface area (Å²) in [4.78, 5) is 25.9. The van der Waals surface area contributed by atoms with Crippen molar-refractivity contribution in [2.45, 2.75) is 12.5 Å². The van der Waals surface area contributed by atoms with Gasteiger partial charge in [-0.1, -0.05) is 60.4 Å². The molecule has 0 aliphatic carbocycles. The van der Waals surface area contributed by atoms with Gasteiger partial charge in [-0.3, -0.25) is 14.5 Å². The zero-order valence-electron chi connectivity index (χ0n) is 13.9. The van der Waals surface area contributed by atoms with Crippen molar-refractivity contribution < 1.29 is 24.9 Å². The van der Waals surface area contributed by atoms with Gasteiger partial charge in [0.2, 0.25) is 0 Å². The number of aromatic hydroxyl groups is 2. The topological polar surface area (TPSA) is 98.1 Å². The Balaban J connectivity index is 1.95. The number of carboxylic acid groups (broad SMARTS) is 1. The maximum absolute atomic E-state index is 12.9. The van der Waals surface area contributed by atoms with Gasteiger partial charge in [0.15, 0.2) is 11.5 Å². The summed E-state index contributed by atoms with van der Waals surface area (Å²) in [5, 5.41) is 28.3. The lowest BCUT2D eigenvalue weighted by Gasteiger charge is -2.26. The number of amides is 1. The number of rotatable bonds is 5. The van der Waals surface area contributed by atoms with Gasteiger partial charge in [0, 0.05) is 0 Å². The third-order valence-electron chi connectivity index (χ3n) is 3.98. The van der Waals surface area contributed by atoms with E-state index in [4.69, 9.17) is 12.2 Å². The van der Waals surface area contributed by atoms with Crippen LogP contribution in [0, 0.1) is 0 Å². The highest BCUT2D eigenvalue weighted by molar-refractivity contribution is 8.26. The van der Waals surface area contributed by atoms with Crippen molar-refractivity contribution in [3.63, 3.8) is 0 Å². The van der Waals surface area contributed by atoms with Crippen LogP contribution in [-0.4, -0.2) is 36.4 Å². The molecule has 3 rings (SSSR count). The smallest absolute Gasteiger partial charge is 0.305 e. The van der Waals surface area contributed by atoms with E-state index >= 15 is 0 Å². The second-order valence-electron chi connectivity index (χ2n) is 5.82. The quantitative estimate of drug-likeness (QED) is 0.401. The van der Waals surface area contributed by atoms with Crippen molar-refractivity contribution >= 4 is 46.3 Å². The first-order chi connectivity index (χ1) is 12.9. The van der Waals surface area contributed by atoms with Crippen molar-refractivity contribution in [2.75, 3.05) is 0 Å². The summed E-state index contributed by atoms with van der Waals surface area (Å²) in [6, 6.07) is 12.4. The number of carboxylic acids is 1. The fraction of sp³-hybridized carbons (Fsp3) is 0.105. The largest absolute Gasteiger partial charge is 0.504 e. The molecule has 1 aliphatic rings. The van der Waals surface area contributed by atoms with Gasteiger partial charge in [-0.2, -0.15) is 0 Å². The van der Waals surface area contributed by atoms with Gasteiger partial charge in [0.1, 0.15) is 4.32 Å². The molecule has 0 bridgehead atoms. The molecule has 0 radical (unpaired) electrons. The molecule has 8 heteroatoms. The first-order valence-electron chi connectivity index (χ1n) is 7.92. The van der Waals surface area contributed by atoms with Gasteiger partial charge in [-0.05, 0) is 29.3 Å². The molecule has 0 saturated carbocycles. The normalized spacial score (nSPS) is 16.7. The zero-order valence-corrected chi connectivity index (χ0v) is 15.5. The maximum Gasteiger partial charge on any atom is 0.305 e. The molecule has 0 spiro atoms. The van der Waals surface area contributed by atoms with Gasteiger partial charge in [-0.25, -0.2) is 0 Å². The van der Waals surface area contributed by atoms with Gasteiger partial charge < -0.3 is 15.3 Å². The number of phenolic OH excluding ortho intramolecular Hbond substituents is 2. The van der Waals surface area contributed by atoms with E-state index in [0.717, 1.165) is 11.8 Å². The highest BCUT2D eigenvalue weighted by atomic mass is 32.2. The number of benzene rings is 2. The van der Waals surface area contributed by atoms with Crippen LogP contribution in [0.4, 0.5) is 0 Å². The molecule has 3 N–H and O–H groups in total. The van der Waals surface area contributed by atoms with E-state index in [2.05, 4.69) is 0 Å². The minimum Gasteiger partial charge on any atom is -0.504 e. The van der Waals surface area contributed by atoms with Gasteiger partial charge in [0.05, 0.1) is 17.4 Å². The second kappa shape index (κ2) is 7.81. The summed E-state index contributed by atoms with van der Waals surface area (Å²) in [5.74, 6) is -1.99. The van der Waals surface area contributed by atoms with Gasteiger partial charge in [0.25, 0.3) is 5.91 Å². The first-order valence-corrected chi connectivity index (χ1v) is 9.15. The number of aliphatic carboxylic acids is 1. The Morgan fingerprint density at radius 3 is 2.48 bits per heavy atom. The average Bonchev–Trinajstić information content (AvgIpc) is 2.90. The summed E-state index contributed by atoms with van der Waals surface area (Å²) in [7, 11) is 0. The molecule has 1 atom stereocenters. The van der Waals surface area contributed by atoms with Crippen molar-refractivity contribution in [3.8, 4) is 11.5 Å². The molecule has 0 unspecified atom stereocenters.